The van der Waals surface area contributed by atoms with Crippen LogP contribution < -0.4 is 0 Å². The zero-order valence-corrected chi connectivity index (χ0v) is 14.2. The molecule has 2 bridgehead atoms. The number of carboxylic acid groups (broad SMARTS) is 1. The van der Waals surface area contributed by atoms with Crippen molar-refractivity contribution in [3.05, 3.63) is 71.8 Å². The number of piperazine rings is 2. The summed E-state index contributed by atoms with van der Waals surface area (Å²) >= 11 is 0. The Kier molecular flexibility index (Phi) is 4.16. The molecule has 3 saturated heterocycles. The van der Waals surface area contributed by atoms with Gasteiger partial charge in [0, 0.05) is 13.1 Å². The Bertz CT molecular complexity index is 851. The minimum absolute atomic E-state index is 0.401. The van der Waals surface area contributed by atoms with E-state index < -0.39 is 24.1 Å². The van der Waals surface area contributed by atoms with Gasteiger partial charge in [0.1, 0.15) is 17.9 Å². The molecular formula is C20H19N3O3. The molecule has 2 aromatic rings. The van der Waals surface area contributed by atoms with Gasteiger partial charge < -0.3 is 10.0 Å². The van der Waals surface area contributed by atoms with Crippen LogP contribution in [0.2, 0.25) is 0 Å². The summed E-state index contributed by atoms with van der Waals surface area (Å²) in [5.41, 5.74) is 1.97. The Morgan fingerprint density at radius 1 is 1.08 bits per heavy atom. The Balaban J connectivity index is 1.59. The second kappa shape index (κ2) is 6.63. The quantitative estimate of drug-likeness (QED) is 0.921. The maximum absolute atomic E-state index is 12.7. The first-order valence-corrected chi connectivity index (χ1v) is 8.62. The third kappa shape index (κ3) is 2.73. The van der Waals surface area contributed by atoms with Crippen molar-refractivity contribution in [1.82, 2.24) is 9.80 Å². The number of fused-ring (bicyclic) bond motifs is 2. The van der Waals surface area contributed by atoms with Crippen LogP contribution in [0, 0.1) is 0 Å². The van der Waals surface area contributed by atoms with Crippen molar-refractivity contribution in [2.75, 3.05) is 13.1 Å². The molecule has 0 aliphatic carbocycles. The summed E-state index contributed by atoms with van der Waals surface area (Å²) in [6.07, 6.45) is -0.432. The van der Waals surface area contributed by atoms with Crippen LogP contribution in [0.5, 0.6) is 0 Å². The van der Waals surface area contributed by atoms with Crippen molar-refractivity contribution in [2.45, 2.75) is 18.5 Å². The number of hydrogen-bond donors (Lipinski definition) is 1. The molecule has 2 amide bonds. The highest BCUT2D eigenvalue weighted by atomic mass is 16.4. The van der Waals surface area contributed by atoms with E-state index in [-0.39, 0.29) is 0 Å². The summed E-state index contributed by atoms with van der Waals surface area (Å²) < 4.78 is 0. The van der Waals surface area contributed by atoms with Crippen LogP contribution in [0.15, 0.2) is 65.7 Å². The SMILES string of the molecule is O=C(O)N1C(=O)C(c2ccccc2)N2CC1C2=NCCc1ccccc1. The standard InChI is InChI=1S/C20H19N3O3/c24-19-17(15-9-5-2-6-10-15)22-13-16(23(19)20(25)26)18(22)21-12-11-14-7-3-1-4-8-14/h1-10,16-17H,11-13H2,(H,25,26). The molecule has 3 fully saturated rings. The fourth-order valence-electron chi connectivity index (χ4n) is 3.62. The zero-order chi connectivity index (χ0) is 18.1. The molecule has 1 N–H and O–H groups in total. The van der Waals surface area contributed by atoms with Crippen molar-refractivity contribution in [3.8, 4) is 0 Å². The highest BCUT2D eigenvalue weighted by Gasteiger charge is 2.55. The lowest BCUT2D eigenvalue weighted by atomic mass is 9.90. The van der Waals surface area contributed by atoms with E-state index in [1.165, 1.54) is 5.56 Å². The number of nitrogens with zero attached hydrogens (tertiary/aromatic N) is 3. The first-order chi connectivity index (χ1) is 12.7. The Hall–Kier alpha value is -3.15. The molecule has 0 spiro atoms. The van der Waals surface area contributed by atoms with Gasteiger partial charge in [-0.15, -0.1) is 0 Å². The van der Waals surface area contributed by atoms with E-state index in [9.17, 15) is 14.7 Å². The lowest BCUT2D eigenvalue weighted by Gasteiger charge is -2.54. The van der Waals surface area contributed by atoms with Crippen LogP contribution in [-0.2, 0) is 11.2 Å². The summed E-state index contributed by atoms with van der Waals surface area (Å²) in [6, 6.07) is 18.2. The number of imide groups is 1. The topological polar surface area (TPSA) is 73.2 Å². The van der Waals surface area contributed by atoms with Crippen molar-refractivity contribution in [1.29, 1.82) is 0 Å². The van der Waals surface area contributed by atoms with Gasteiger partial charge in [0.2, 0.25) is 0 Å². The predicted octanol–water partition coefficient (Wildman–Crippen LogP) is 2.57. The van der Waals surface area contributed by atoms with Crippen molar-refractivity contribution >= 4 is 17.8 Å². The molecule has 3 aliphatic heterocycles. The maximum atomic E-state index is 12.7. The van der Waals surface area contributed by atoms with Crippen LogP contribution >= 0.6 is 0 Å². The Morgan fingerprint density at radius 3 is 2.38 bits per heavy atom. The van der Waals surface area contributed by atoms with Crippen LogP contribution in [0.4, 0.5) is 4.79 Å². The molecule has 132 valence electrons. The average Bonchev–Trinajstić information content (AvgIpc) is 2.65. The number of aliphatic imine (C=N–C) groups is 1. The molecule has 0 aromatic heterocycles. The zero-order valence-electron chi connectivity index (χ0n) is 14.2. The van der Waals surface area contributed by atoms with E-state index in [4.69, 9.17) is 0 Å². The first-order valence-electron chi connectivity index (χ1n) is 8.62. The minimum Gasteiger partial charge on any atom is -0.465 e. The van der Waals surface area contributed by atoms with Gasteiger partial charge in [0.25, 0.3) is 5.91 Å². The normalized spacial score (nSPS) is 23.1. The summed E-state index contributed by atoms with van der Waals surface area (Å²) in [5.74, 6) is 0.291. The lowest BCUT2D eigenvalue weighted by molar-refractivity contribution is -0.142. The molecule has 3 aliphatic rings. The monoisotopic (exact) mass is 349 g/mol. The Morgan fingerprint density at radius 2 is 1.73 bits per heavy atom. The molecule has 3 heterocycles. The van der Waals surface area contributed by atoms with Gasteiger partial charge >= 0.3 is 6.09 Å². The predicted molar refractivity (Wildman–Crippen MR) is 97.0 cm³/mol. The second-order valence-electron chi connectivity index (χ2n) is 6.45. The first kappa shape index (κ1) is 16.3. The number of amides is 2. The number of hydrogen-bond acceptors (Lipinski definition) is 3. The second-order valence-corrected chi connectivity index (χ2v) is 6.45. The van der Waals surface area contributed by atoms with Crippen molar-refractivity contribution in [2.24, 2.45) is 4.99 Å². The van der Waals surface area contributed by atoms with E-state index in [1.54, 1.807) is 0 Å². The third-order valence-electron chi connectivity index (χ3n) is 4.90. The number of carbonyl (C=O) groups excluding carboxylic acids is 1. The Labute approximate surface area is 151 Å². The molecular weight excluding hydrogens is 330 g/mol. The molecule has 0 radical (unpaired) electrons. The van der Waals surface area contributed by atoms with Crippen LogP contribution in [0.25, 0.3) is 0 Å². The van der Waals surface area contributed by atoms with Crippen molar-refractivity contribution in [3.63, 3.8) is 0 Å². The van der Waals surface area contributed by atoms with E-state index in [1.807, 2.05) is 65.6 Å². The minimum atomic E-state index is -1.21. The van der Waals surface area contributed by atoms with E-state index in [2.05, 4.69) is 4.99 Å². The fourth-order valence-corrected chi connectivity index (χ4v) is 3.62. The van der Waals surface area contributed by atoms with Gasteiger partial charge in [-0.2, -0.15) is 0 Å². The molecule has 6 nitrogen and oxygen atoms in total. The maximum Gasteiger partial charge on any atom is 0.414 e. The molecule has 6 heteroatoms. The average molecular weight is 349 g/mol. The number of rotatable bonds is 4. The highest BCUT2D eigenvalue weighted by molar-refractivity contribution is 6.09. The molecule has 5 rings (SSSR count). The van der Waals surface area contributed by atoms with Crippen LogP contribution in [0.3, 0.4) is 0 Å². The van der Waals surface area contributed by atoms with Crippen LogP contribution in [0.1, 0.15) is 17.2 Å². The van der Waals surface area contributed by atoms with Gasteiger partial charge in [0.15, 0.2) is 0 Å². The fraction of sp³-hybridized carbons (Fsp3) is 0.250. The summed E-state index contributed by atoms with van der Waals surface area (Å²) in [4.78, 5) is 31.9. The van der Waals surface area contributed by atoms with Gasteiger partial charge in [-0.05, 0) is 17.5 Å². The van der Waals surface area contributed by atoms with E-state index in [0.717, 1.165) is 16.9 Å². The van der Waals surface area contributed by atoms with E-state index in [0.29, 0.717) is 18.9 Å². The van der Waals surface area contributed by atoms with Crippen molar-refractivity contribution < 1.29 is 14.7 Å². The lowest BCUT2D eigenvalue weighted by Crippen LogP contribution is -2.74. The number of amidine groups is 1. The molecule has 26 heavy (non-hydrogen) atoms. The highest BCUT2D eigenvalue weighted by Crippen LogP contribution is 2.38. The smallest absolute Gasteiger partial charge is 0.414 e. The van der Waals surface area contributed by atoms with E-state index >= 15 is 0 Å². The summed E-state index contributed by atoms with van der Waals surface area (Å²) in [6.45, 7) is 1.07. The molecule has 0 saturated carbocycles. The van der Waals surface area contributed by atoms with Crippen LogP contribution in [-0.4, -0.2) is 51.9 Å². The summed E-state index contributed by atoms with van der Waals surface area (Å²) in [7, 11) is 0. The largest absolute Gasteiger partial charge is 0.465 e. The molecule has 2 aromatic carbocycles. The van der Waals surface area contributed by atoms with Gasteiger partial charge in [-0.3, -0.25) is 9.79 Å². The molecule has 2 atom stereocenters. The number of carbonyl (C=O) groups is 2. The van der Waals surface area contributed by atoms with Gasteiger partial charge in [-0.1, -0.05) is 60.7 Å². The number of benzene rings is 2. The third-order valence-corrected chi connectivity index (χ3v) is 4.90. The van der Waals surface area contributed by atoms with Gasteiger partial charge in [-0.25, -0.2) is 9.69 Å². The van der Waals surface area contributed by atoms with Gasteiger partial charge in [0.05, 0.1) is 0 Å². The summed E-state index contributed by atoms with van der Waals surface area (Å²) in [5, 5.41) is 9.52. The molecule has 2 unspecified atom stereocenters.